The van der Waals surface area contributed by atoms with E-state index in [9.17, 15) is 14.4 Å². The van der Waals surface area contributed by atoms with Crippen LogP contribution in [0.3, 0.4) is 0 Å². The summed E-state index contributed by atoms with van der Waals surface area (Å²) >= 11 is 0. The Morgan fingerprint density at radius 3 is 0.863 bits per heavy atom. The molecule has 0 aromatic carbocycles. The molecule has 6 nitrogen and oxygen atoms in total. The molecule has 0 saturated heterocycles. The molecule has 0 rings (SSSR count). The number of rotatable bonds is 53. The van der Waals surface area contributed by atoms with Crippen LogP contribution in [0, 0.1) is 0 Å². The van der Waals surface area contributed by atoms with Crippen LogP contribution in [0.2, 0.25) is 0 Å². The minimum Gasteiger partial charge on any atom is -0.462 e. The summed E-state index contributed by atoms with van der Waals surface area (Å²) in [7, 11) is 0. The lowest BCUT2D eigenvalue weighted by Crippen LogP contribution is -2.30. The molecular weight excluding hydrogens is 901 g/mol. The highest BCUT2D eigenvalue weighted by Crippen LogP contribution is 2.14. The SMILES string of the molecule is CC/C=C\C/C=C\C/C=C\C/C=C\C/C=C\C/C=C\CCCCC(=O)OCC(COC(=O)CCCCCCCCC/C=C\C/C=C\CCCCC)OC(=O)CCCCCCCCC/C=C\C/C=C\CCCCC. The molecule has 0 bridgehead atoms. The van der Waals surface area contributed by atoms with Gasteiger partial charge >= 0.3 is 17.9 Å². The summed E-state index contributed by atoms with van der Waals surface area (Å²) in [5, 5.41) is 0. The number of unbranched alkanes of at least 4 members (excludes halogenated alkanes) is 22. The minimum atomic E-state index is -0.808. The summed E-state index contributed by atoms with van der Waals surface area (Å²) in [6.07, 6.45) is 83.3. The molecule has 0 saturated carbocycles. The van der Waals surface area contributed by atoms with E-state index < -0.39 is 6.10 Å². The molecule has 6 heteroatoms. The molecule has 0 aromatic rings. The van der Waals surface area contributed by atoms with Crippen molar-refractivity contribution in [1.82, 2.24) is 0 Å². The first-order valence-electron chi connectivity index (χ1n) is 30.0. The predicted molar refractivity (Wildman–Crippen MR) is 316 cm³/mol. The van der Waals surface area contributed by atoms with Gasteiger partial charge in [-0.1, -0.05) is 232 Å². The van der Waals surface area contributed by atoms with Crippen LogP contribution >= 0.6 is 0 Å². The van der Waals surface area contributed by atoms with Crippen molar-refractivity contribution in [2.24, 2.45) is 0 Å². The van der Waals surface area contributed by atoms with Crippen molar-refractivity contribution in [3.8, 4) is 0 Å². The number of allylic oxidation sites excluding steroid dienone is 20. The molecular formula is C67H110O6. The third-order valence-corrected chi connectivity index (χ3v) is 12.4. The van der Waals surface area contributed by atoms with E-state index in [4.69, 9.17) is 14.2 Å². The molecule has 1 atom stereocenters. The molecule has 0 aliphatic carbocycles. The van der Waals surface area contributed by atoms with Gasteiger partial charge in [0.1, 0.15) is 13.2 Å². The number of esters is 3. The van der Waals surface area contributed by atoms with Gasteiger partial charge in [0.15, 0.2) is 6.10 Å². The van der Waals surface area contributed by atoms with E-state index >= 15 is 0 Å². The van der Waals surface area contributed by atoms with Crippen molar-refractivity contribution in [1.29, 1.82) is 0 Å². The topological polar surface area (TPSA) is 78.9 Å². The van der Waals surface area contributed by atoms with Gasteiger partial charge in [0.25, 0.3) is 0 Å². The molecule has 0 fully saturated rings. The van der Waals surface area contributed by atoms with Gasteiger partial charge in [0.05, 0.1) is 0 Å². The highest BCUT2D eigenvalue weighted by Gasteiger charge is 2.19. The van der Waals surface area contributed by atoms with Crippen LogP contribution in [0.15, 0.2) is 122 Å². The maximum absolute atomic E-state index is 12.9. The molecule has 73 heavy (non-hydrogen) atoms. The average Bonchev–Trinajstić information content (AvgIpc) is 3.39. The number of hydrogen-bond acceptors (Lipinski definition) is 6. The monoisotopic (exact) mass is 1010 g/mol. The van der Waals surface area contributed by atoms with Crippen LogP contribution < -0.4 is 0 Å². The number of carbonyl (C=O) groups is 3. The van der Waals surface area contributed by atoms with E-state index in [0.29, 0.717) is 25.7 Å². The zero-order chi connectivity index (χ0) is 52.9. The van der Waals surface area contributed by atoms with E-state index in [1.54, 1.807) is 0 Å². The Balaban J connectivity index is 4.51. The van der Waals surface area contributed by atoms with Crippen molar-refractivity contribution >= 4 is 17.9 Å². The van der Waals surface area contributed by atoms with Crippen molar-refractivity contribution in [2.75, 3.05) is 13.2 Å². The van der Waals surface area contributed by atoms with Crippen LogP contribution in [0.4, 0.5) is 0 Å². The van der Waals surface area contributed by atoms with Crippen molar-refractivity contribution in [2.45, 2.75) is 271 Å². The average molecular weight is 1010 g/mol. The fourth-order valence-corrected chi connectivity index (χ4v) is 7.92. The van der Waals surface area contributed by atoms with Crippen molar-refractivity contribution in [3.63, 3.8) is 0 Å². The first kappa shape index (κ1) is 68.8. The Morgan fingerprint density at radius 1 is 0.288 bits per heavy atom. The maximum atomic E-state index is 12.9. The highest BCUT2D eigenvalue weighted by molar-refractivity contribution is 5.71. The molecule has 0 heterocycles. The summed E-state index contributed by atoms with van der Waals surface area (Å²) in [6, 6.07) is 0. The predicted octanol–water partition coefficient (Wildman–Crippen LogP) is 20.4. The van der Waals surface area contributed by atoms with Gasteiger partial charge in [-0.15, -0.1) is 0 Å². The quantitative estimate of drug-likeness (QED) is 0.0261. The standard InChI is InChI=1S/C67H110O6/c1-4-7-10-13-16-19-22-25-28-31-32-33-34-37-39-42-45-48-51-54-57-60-66(69)72-63-64(73-67(70)61-58-55-52-49-46-43-40-36-30-27-24-21-18-15-12-9-6-3)62-71-65(68)59-56-53-50-47-44-41-38-35-29-26-23-20-17-14-11-8-5-2/h7,10,16-21,25-30,32-33,37,39,45,48,64H,4-6,8-9,11-15,22-24,31,34-36,38,40-44,46-47,49-63H2,1-3H3/b10-7-,19-16-,20-17-,21-18-,28-25-,29-26-,30-27-,33-32-,39-37-,48-45-. The molecule has 0 radical (unpaired) electrons. The summed E-state index contributed by atoms with van der Waals surface area (Å²) in [5.41, 5.74) is 0. The van der Waals surface area contributed by atoms with Gasteiger partial charge in [0.2, 0.25) is 0 Å². The van der Waals surface area contributed by atoms with Gasteiger partial charge < -0.3 is 14.2 Å². The Morgan fingerprint density at radius 2 is 0.534 bits per heavy atom. The molecule has 0 aromatic heterocycles. The normalized spacial score (nSPS) is 13.0. The van der Waals surface area contributed by atoms with Crippen LogP contribution in [0.25, 0.3) is 0 Å². The molecule has 1 unspecified atom stereocenters. The maximum Gasteiger partial charge on any atom is 0.306 e. The first-order chi connectivity index (χ1) is 36.0. The largest absolute Gasteiger partial charge is 0.462 e. The summed E-state index contributed by atoms with van der Waals surface area (Å²) in [5.74, 6) is -0.961. The van der Waals surface area contributed by atoms with Crippen LogP contribution in [0.1, 0.15) is 265 Å². The smallest absolute Gasteiger partial charge is 0.306 e. The minimum absolute atomic E-state index is 0.102. The lowest BCUT2D eigenvalue weighted by molar-refractivity contribution is -0.167. The van der Waals surface area contributed by atoms with E-state index in [2.05, 4.69) is 142 Å². The van der Waals surface area contributed by atoms with Gasteiger partial charge in [-0.2, -0.15) is 0 Å². The van der Waals surface area contributed by atoms with E-state index in [-0.39, 0.29) is 31.1 Å². The zero-order valence-electron chi connectivity index (χ0n) is 47.4. The molecule has 414 valence electrons. The van der Waals surface area contributed by atoms with Crippen LogP contribution in [-0.4, -0.2) is 37.2 Å². The van der Waals surface area contributed by atoms with Crippen molar-refractivity contribution in [3.05, 3.63) is 122 Å². The second-order valence-electron chi connectivity index (χ2n) is 19.5. The fraction of sp³-hybridized carbons (Fsp3) is 0.657. The fourth-order valence-electron chi connectivity index (χ4n) is 7.92. The van der Waals surface area contributed by atoms with E-state index in [0.717, 1.165) is 116 Å². The summed E-state index contributed by atoms with van der Waals surface area (Å²) in [6.45, 7) is 6.43. The summed E-state index contributed by atoms with van der Waals surface area (Å²) in [4.78, 5) is 38.2. The second kappa shape index (κ2) is 60.4. The summed E-state index contributed by atoms with van der Waals surface area (Å²) < 4.78 is 16.9. The van der Waals surface area contributed by atoms with Crippen LogP contribution in [-0.2, 0) is 28.6 Å². The van der Waals surface area contributed by atoms with Gasteiger partial charge in [0, 0.05) is 19.3 Å². The highest BCUT2D eigenvalue weighted by atomic mass is 16.6. The molecule has 0 spiro atoms. The molecule has 0 amide bonds. The lowest BCUT2D eigenvalue weighted by atomic mass is 10.1. The number of carbonyl (C=O) groups excluding carboxylic acids is 3. The molecule has 0 aliphatic rings. The zero-order valence-corrected chi connectivity index (χ0v) is 47.4. The Bertz CT molecular complexity index is 1540. The number of ether oxygens (including phenoxy) is 3. The van der Waals surface area contributed by atoms with E-state index in [1.165, 1.54) is 103 Å². The van der Waals surface area contributed by atoms with Gasteiger partial charge in [-0.25, -0.2) is 0 Å². The second-order valence-corrected chi connectivity index (χ2v) is 19.5. The first-order valence-corrected chi connectivity index (χ1v) is 30.0. The lowest BCUT2D eigenvalue weighted by Gasteiger charge is -2.18. The Kier molecular flexibility index (Phi) is 56.9. The van der Waals surface area contributed by atoms with Gasteiger partial charge in [-0.05, 0) is 135 Å². The number of hydrogen-bond donors (Lipinski definition) is 0. The van der Waals surface area contributed by atoms with Crippen LogP contribution in [0.5, 0.6) is 0 Å². The Hall–Kier alpha value is -4.19. The molecule has 0 aliphatic heterocycles. The van der Waals surface area contributed by atoms with Gasteiger partial charge in [-0.3, -0.25) is 14.4 Å². The molecule has 0 N–H and O–H groups in total. The third-order valence-electron chi connectivity index (χ3n) is 12.4. The van der Waals surface area contributed by atoms with Crippen molar-refractivity contribution < 1.29 is 28.6 Å². The third kappa shape index (κ3) is 58.6. The van der Waals surface area contributed by atoms with E-state index in [1.807, 2.05) is 0 Å². The Labute approximate surface area is 450 Å².